The average Bonchev–Trinajstić information content (AvgIpc) is 2.83. The average molecular weight is 464 g/mol. The van der Waals surface area contributed by atoms with Crippen LogP contribution in [0.5, 0.6) is 11.5 Å². The summed E-state index contributed by atoms with van der Waals surface area (Å²) in [4.78, 5) is 25.2. The lowest BCUT2D eigenvalue weighted by Gasteiger charge is -2.39. The van der Waals surface area contributed by atoms with E-state index < -0.39 is 22.3 Å². The van der Waals surface area contributed by atoms with Gasteiger partial charge in [-0.1, -0.05) is 0 Å². The Balaban J connectivity index is 2.00. The number of nitro benzene ring substituents is 1. The van der Waals surface area contributed by atoms with Crippen molar-refractivity contribution in [3.05, 3.63) is 80.6 Å². The van der Waals surface area contributed by atoms with Crippen LogP contribution in [0.25, 0.3) is 0 Å². The van der Waals surface area contributed by atoms with Gasteiger partial charge in [0.25, 0.3) is 0 Å². The van der Waals surface area contributed by atoms with Crippen molar-refractivity contribution in [1.82, 2.24) is 0 Å². The summed E-state index contributed by atoms with van der Waals surface area (Å²) >= 11 is 0. The third-order valence-corrected chi connectivity index (χ3v) is 6.05. The second kappa shape index (κ2) is 8.86. The molecule has 1 atom stereocenters. The number of nitro groups is 1. The number of benzene rings is 2. The molecule has 0 saturated carbocycles. The number of Topliss-reactive ketones (excluding diaryl/α,β-unsaturated/α-hetero) is 1. The van der Waals surface area contributed by atoms with Crippen molar-refractivity contribution in [3.63, 3.8) is 0 Å². The van der Waals surface area contributed by atoms with Crippen LogP contribution in [0, 0.1) is 27.3 Å². The van der Waals surface area contributed by atoms with Crippen molar-refractivity contribution in [1.29, 1.82) is 5.26 Å². The van der Waals surface area contributed by atoms with Crippen LogP contribution in [0.3, 0.4) is 0 Å². The number of allylic oxidation sites excluding steroid dienone is 3. The predicted molar refractivity (Wildman–Crippen MR) is 121 cm³/mol. The van der Waals surface area contributed by atoms with Crippen LogP contribution in [-0.2, 0) is 4.79 Å². The van der Waals surface area contributed by atoms with Gasteiger partial charge in [0.2, 0.25) is 5.82 Å². The highest BCUT2D eigenvalue weighted by Gasteiger charge is 2.41. The number of hydrogen-bond donors (Lipinski definition) is 1. The summed E-state index contributed by atoms with van der Waals surface area (Å²) in [6, 6.07) is 10.5. The Hall–Kier alpha value is -4.39. The Bertz CT molecular complexity index is 1310. The minimum atomic E-state index is -0.998. The Labute approximate surface area is 194 Å². The van der Waals surface area contributed by atoms with E-state index in [1.54, 1.807) is 18.2 Å². The van der Waals surface area contributed by atoms with E-state index in [4.69, 9.17) is 15.2 Å². The van der Waals surface area contributed by atoms with Crippen LogP contribution in [0.1, 0.15) is 30.7 Å². The first-order chi connectivity index (χ1) is 16.3. The molecule has 2 aromatic carbocycles. The Morgan fingerprint density at radius 2 is 1.97 bits per heavy atom. The molecule has 0 fully saturated rings. The molecule has 1 aliphatic heterocycles. The highest BCUT2D eigenvalue weighted by molar-refractivity contribution is 6.01. The summed E-state index contributed by atoms with van der Waals surface area (Å²) in [7, 11) is 2.98. The molecule has 4 rings (SSSR count). The molecule has 0 radical (unpaired) electrons. The van der Waals surface area contributed by atoms with Gasteiger partial charge in [-0.15, -0.1) is 0 Å². The summed E-state index contributed by atoms with van der Waals surface area (Å²) in [5.41, 5.74) is 7.42. The smallest absolute Gasteiger partial charge is 0.306 e. The number of ether oxygens (including phenoxy) is 2. The van der Waals surface area contributed by atoms with Gasteiger partial charge in [-0.05, 0) is 43.2 Å². The number of nitrogens with two attached hydrogens (primary N) is 1. The quantitative estimate of drug-likeness (QED) is 0.518. The number of hydrogen-bond acceptors (Lipinski definition) is 8. The van der Waals surface area contributed by atoms with Gasteiger partial charge in [-0.25, -0.2) is 0 Å². The third-order valence-electron chi connectivity index (χ3n) is 6.05. The summed E-state index contributed by atoms with van der Waals surface area (Å²) in [6.45, 7) is 0. The molecule has 10 heteroatoms. The van der Waals surface area contributed by atoms with Crippen molar-refractivity contribution in [3.8, 4) is 17.6 Å². The van der Waals surface area contributed by atoms with E-state index >= 15 is 0 Å². The molecule has 1 heterocycles. The van der Waals surface area contributed by atoms with Gasteiger partial charge in [0.05, 0.1) is 42.4 Å². The van der Waals surface area contributed by atoms with Crippen LogP contribution in [0.15, 0.2) is 59.1 Å². The molecule has 2 aliphatic rings. The van der Waals surface area contributed by atoms with E-state index in [0.717, 1.165) is 12.1 Å². The highest BCUT2D eigenvalue weighted by atomic mass is 19.1. The molecule has 0 spiro atoms. The minimum absolute atomic E-state index is 0.00623. The largest absolute Gasteiger partial charge is 0.497 e. The fourth-order valence-electron chi connectivity index (χ4n) is 4.54. The maximum Gasteiger partial charge on any atom is 0.306 e. The monoisotopic (exact) mass is 464 g/mol. The Kier molecular flexibility index (Phi) is 5.94. The number of nitrogens with zero attached hydrogens (tertiary/aromatic N) is 3. The van der Waals surface area contributed by atoms with Gasteiger partial charge >= 0.3 is 5.69 Å². The number of methoxy groups -OCH3 is 2. The van der Waals surface area contributed by atoms with Crippen molar-refractivity contribution in [2.75, 3.05) is 19.1 Å². The van der Waals surface area contributed by atoms with Crippen LogP contribution in [-0.4, -0.2) is 24.9 Å². The van der Waals surface area contributed by atoms with Crippen LogP contribution < -0.4 is 20.1 Å². The standard InChI is InChI=1S/C24H21FN4O5/c1-33-14-7-9-21(34-2)15(11-14)22-16(12-26)24(27)28(18-4-3-5-20(30)23(18)22)13-6-8-17(25)19(10-13)29(31)32/h6-11,22H,3-5,27H2,1-2H3/t22-/m0/s1. The van der Waals surface area contributed by atoms with E-state index in [0.29, 0.717) is 41.2 Å². The zero-order valence-corrected chi connectivity index (χ0v) is 18.5. The highest BCUT2D eigenvalue weighted by Crippen LogP contribution is 2.49. The zero-order valence-electron chi connectivity index (χ0n) is 18.5. The number of ketones is 1. The first kappa shape index (κ1) is 22.8. The van der Waals surface area contributed by atoms with Crippen molar-refractivity contribution in [2.24, 2.45) is 5.73 Å². The fraction of sp³-hybridized carbons (Fsp3) is 0.250. The molecule has 2 aromatic rings. The van der Waals surface area contributed by atoms with Crippen LogP contribution in [0.4, 0.5) is 15.8 Å². The first-order valence-electron chi connectivity index (χ1n) is 10.4. The minimum Gasteiger partial charge on any atom is -0.497 e. The van der Waals surface area contributed by atoms with E-state index in [1.165, 1.54) is 25.2 Å². The van der Waals surface area contributed by atoms with Crippen molar-refractivity contribution < 1.29 is 23.6 Å². The number of nitriles is 1. The molecule has 0 unspecified atom stereocenters. The Morgan fingerprint density at radius 1 is 1.21 bits per heavy atom. The Morgan fingerprint density at radius 3 is 2.62 bits per heavy atom. The SMILES string of the molecule is COc1ccc(OC)c([C@H]2C(C#N)=C(N)N(c3ccc(F)c([N+](=O)[O-])c3)C3=C2C(=O)CCC3)c1. The predicted octanol–water partition coefficient (Wildman–Crippen LogP) is 4.06. The number of carbonyl (C=O) groups is 1. The van der Waals surface area contributed by atoms with Gasteiger partial charge in [-0.2, -0.15) is 9.65 Å². The maximum absolute atomic E-state index is 14.0. The number of carbonyl (C=O) groups excluding carboxylic acids is 1. The molecule has 0 amide bonds. The molecule has 0 saturated heterocycles. The molecule has 9 nitrogen and oxygen atoms in total. The molecule has 34 heavy (non-hydrogen) atoms. The molecule has 2 N–H and O–H groups in total. The number of rotatable bonds is 5. The van der Waals surface area contributed by atoms with Crippen LogP contribution in [0.2, 0.25) is 0 Å². The third kappa shape index (κ3) is 3.61. The molecule has 0 bridgehead atoms. The number of anilines is 1. The molecular weight excluding hydrogens is 443 g/mol. The first-order valence-corrected chi connectivity index (χ1v) is 10.4. The summed E-state index contributed by atoms with van der Waals surface area (Å²) in [5, 5.41) is 21.4. The van der Waals surface area contributed by atoms with Gasteiger partial charge < -0.3 is 15.2 Å². The molecule has 174 valence electrons. The van der Waals surface area contributed by atoms with Gasteiger partial charge in [0, 0.05) is 29.3 Å². The van der Waals surface area contributed by atoms with E-state index in [2.05, 4.69) is 6.07 Å². The van der Waals surface area contributed by atoms with Crippen molar-refractivity contribution in [2.45, 2.75) is 25.2 Å². The topological polar surface area (TPSA) is 132 Å². The fourth-order valence-corrected chi connectivity index (χ4v) is 4.54. The van der Waals surface area contributed by atoms with Crippen molar-refractivity contribution >= 4 is 17.2 Å². The van der Waals surface area contributed by atoms with Gasteiger partial charge in [0.15, 0.2) is 5.78 Å². The van der Waals surface area contributed by atoms with Gasteiger partial charge in [0.1, 0.15) is 17.3 Å². The second-order valence-corrected chi connectivity index (χ2v) is 7.82. The van der Waals surface area contributed by atoms with Crippen LogP contribution >= 0.6 is 0 Å². The van der Waals surface area contributed by atoms with E-state index in [1.807, 2.05) is 0 Å². The second-order valence-electron chi connectivity index (χ2n) is 7.82. The lowest BCUT2D eigenvalue weighted by molar-refractivity contribution is -0.387. The van der Waals surface area contributed by atoms with E-state index in [-0.39, 0.29) is 29.3 Å². The number of halogens is 1. The summed E-state index contributed by atoms with van der Waals surface area (Å²) in [6.07, 6.45) is 1.25. The molecule has 0 aromatic heterocycles. The summed E-state index contributed by atoms with van der Waals surface area (Å²) < 4.78 is 24.9. The lowest BCUT2D eigenvalue weighted by Crippen LogP contribution is -2.38. The van der Waals surface area contributed by atoms with E-state index in [9.17, 15) is 24.6 Å². The summed E-state index contributed by atoms with van der Waals surface area (Å²) in [5.74, 6) is -1.02. The van der Waals surface area contributed by atoms with Gasteiger partial charge in [-0.3, -0.25) is 19.8 Å². The molecule has 1 aliphatic carbocycles. The normalized spacial score (nSPS) is 17.9. The maximum atomic E-state index is 14.0. The lowest BCUT2D eigenvalue weighted by atomic mass is 9.75. The molecular formula is C24H21FN4O5. The zero-order chi connectivity index (χ0) is 24.6.